The summed E-state index contributed by atoms with van der Waals surface area (Å²) in [4.78, 5) is 27.8. The fourth-order valence-electron chi connectivity index (χ4n) is 2.87. The number of piperazine rings is 1. The molecule has 3 rings (SSSR count). The van der Waals surface area contributed by atoms with Crippen LogP contribution in [0.25, 0.3) is 0 Å². The predicted octanol–water partition coefficient (Wildman–Crippen LogP) is 1.74. The lowest BCUT2D eigenvalue weighted by Crippen LogP contribution is -2.53. The molecule has 0 aliphatic carbocycles. The molecule has 0 spiro atoms. The van der Waals surface area contributed by atoms with Crippen LogP contribution in [0.2, 0.25) is 0 Å². The van der Waals surface area contributed by atoms with E-state index in [1.54, 1.807) is 36.3 Å². The number of aliphatic hydroxyl groups is 1. The molecule has 1 saturated heterocycles. The zero-order valence-corrected chi connectivity index (χ0v) is 14.3. The van der Waals surface area contributed by atoms with Crippen molar-refractivity contribution in [3.05, 3.63) is 59.9 Å². The summed E-state index contributed by atoms with van der Waals surface area (Å²) < 4.78 is 18.1. The van der Waals surface area contributed by atoms with Crippen molar-refractivity contribution >= 4 is 17.5 Å². The molecule has 136 valence electrons. The second-order valence-corrected chi connectivity index (χ2v) is 5.96. The number of nitrogens with zero attached hydrogens (tertiary/aromatic N) is 2. The predicted molar refractivity (Wildman–Crippen MR) is 93.3 cm³/mol. The van der Waals surface area contributed by atoms with Crippen molar-refractivity contribution < 1.29 is 23.8 Å². The number of rotatable bonds is 4. The third-order valence-corrected chi connectivity index (χ3v) is 4.32. The summed E-state index contributed by atoms with van der Waals surface area (Å²) in [7, 11) is 1.55. The molecule has 6 nitrogen and oxygen atoms in total. The van der Waals surface area contributed by atoms with Crippen LogP contribution >= 0.6 is 0 Å². The van der Waals surface area contributed by atoms with Gasteiger partial charge in [0.25, 0.3) is 5.91 Å². The van der Waals surface area contributed by atoms with Gasteiger partial charge in [-0.1, -0.05) is 18.2 Å². The number of halogens is 1. The fourth-order valence-corrected chi connectivity index (χ4v) is 2.87. The van der Waals surface area contributed by atoms with E-state index in [1.165, 1.54) is 29.2 Å². The number of ether oxygens (including phenoxy) is 1. The molecule has 26 heavy (non-hydrogen) atoms. The molecule has 1 heterocycles. The number of carbonyl (C=O) groups is 2. The van der Waals surface area contributed by atoms with E-state index < -0.39 is 17.8 Å². The number of amides is 2. The van der Waals surface area contributed by atoms with Gasteiger partial charge < -0.3 is 19.6 Å². The van der Waals surface area contributed by atoms with Gasteiger partial charge in [-0.15, -0.1) is 0 Å². The van der Waals surface area contributed by atoms with E-state index in [0.29, 0.717) is 30.1 Å². The number of benzene rings is 2. The molecule has 2 aromatic carbocycles. The van der Waals surface area contributed by atoms with E-state index >= 15 is 0 Å². The van der Waals surface area contributed by atoms with E-state index in [0.717, 1.165) is 0 Å². The molecule has 0 bridgehead atoms. The van der Waals surface area contributed by atoms with Crippen LogP contribution in [0.15, 0.2) is 48.5 Å². The molecule has 0 unspecified atom stereocenters. The third kappa shape index (κ3) is 3.67. The molecule has 1 aliphatic rings. The van der Waals surface area contributed by atoms with Gasteiger partial charge in [0.15, 0.2) is 6.10 Å². The maximum Gasteiger partial charge on any atom is 0.256 e. The summed E-state index contributed by atoms with van der Waals surface area (Å²) in [5, 5.41) is 10.2. The van der Waals surface area contributed by atoms with Crippen molar-refractivity contribution in [2.24, 2.45) is 0 Å². The Balaban J connectivity index is 1.68. The summed E-state index contributed by atoms with van der Waals surface area (Å²) in [6.07, 6.45) is -1.42. The Morgan fingerprint density at radius 3 is 2.58 bits per heavy atom. The van der Waals surface area contributed by atoms with Crippen LogP contribution in [0, 0.1) is 5.82 Å². The second kappa shape index (κ2) is 7.53. The summed E-state index contributed by atoms with van der Waals surface area (Å²) >= 11 is 0. The minimum atomic E-state index is -1.42. The molecular formula is C19H19FN2O4. The maximum atomic E-state index is 13.0. The lowest BCUT2D eigenvalue weighted by atomic mass is 10.1. The van der Waals surface area contributed by atoms with Crippen molar-refractivity contribution in [3.63, 3.8) is 0 Å². The second-order valence-electron chi connectivity index (χ2n) is 5.96. The molecule has 0 radical (unpaired) electrons. The summed E-state index contributed by atoms with van der Waals surface area (Å²) in [5.41, 5.74) is 0.986. The van der Waals surface area contributed by atoms with Crippen molar-refractivity contribution in [1.29, 1.82) is 0 Å². The van der Waals surface area contributed by atoms with Gasteiger partial charge in [0.1, 0.15) is 18.1 Å². The maximum absolute atomic E-state index is 13.0. The van der Waals surface area contributed by atoms with Crippen LogP contribution in [0.3, 0.4) is 0 Å². The first-order chi connectivity index (χ1) is 12.5. The Morgan fingerprint density at radius 1 is 1.19 bits per heavy atom. The van der Waals surface area contributed by atoms with Gasteiger partial charge in [0.05, 0.1) is 7.11 Å². The normalized spacial score (nSPS) is 15.7. The Labute approximate surface area is 150 Å². The first-order valence-electron chi connectivity index (χ1n) is 8.16. The number of carbonyl (C=O) groups excluding carboxylic acids is 2. The Hall–Kier alpha value is -2.93. The van der Waals surface area contributed by atoms with Gasteiger partial charge in [0, 0.05) is 24.8 Å². The minimum absolute atomic E-state index is 0.131. The van der Waals surface area contributed by atoms with Crippen LogP contribution in [0.4, 0.5) is 10.1 Å². The van der Waals surface area contributed by atoms with Gasteiger partial charge >= 0.3 is 0 Å². The number of hydrogen-bond acceptors (Lipinski definition) is 4. The molecule has 2 aromatic rings. The zero-order valence-electron chi connectivity index (χ0n) is 14.3. The standard InChI is InChI=1S/C19H19FN2O4/c1-26-16-4-2-3-15(11-16)22-10-9-21(12-17(22)23)19(25)18(24)13-5-7-14(20)8-6-13/h2-8,11,18,24H,9-10,12H2,1H3/t18-/m1/s1. The number of anilines is 1. The van der Waals surface area contributed by atoms with Crippen LogP contribution < -0.4 is 9.64 Å². The van der Waals surface area contributed by atoms with E-state index in [4.69, 9.17) is 4.74 Å². The molecule has 2 amide bonds. The van der Waals surface area contributed by atoms with Crippen molar-refractivity contribution in [1.82, 2.24) is 4.90 Å². The first-order valence-corrected chi connectivity index (χ1v) is 8.16. The highest BCUT2D eigenvalue weighted by molar-refractivity contribution is 5.98. The molecule has 1 atom stereocenters. The molecule has 1 N–H and O–H groups in total. The molecule has 0 saturated carbocycles. The number of hydrogen-bond donors (Lipinski definition) is 1. The number of methoxy groups -OCH3 is 1. The first kappa shape index (κ1) is 17.9. The average molecular weight is 358 g/mol. The third-order valence-electron chi connectivity index (χ3n) is 4.32. The highest BCUT2D eigenvalue weighted by Crippen LogP contribution is 2.24. The van der Waals surface area contributed by atoms with Crippen LogP contribution in [0.5, 0.6) is 5.75 Å². The number of aliphatic hydroxyl groups excluding tert-OH is 1. The van der Waals surface area contributed by atoms with Crippen LogP contribution in [-0.4, -0.2) is 48.6 Å². The van der Waals surface area contributed by atoms with Crippen LogP contribution in [0.1, 0.15) is 11.7 Å². The van der Waals surface area contributed by atoms with Crippen molar-refractivity contribution in [3.8, 4) is 5.75 Å². The highest BCUT2D eigenvalue weighted by Gasteiger charge is 2.31. The minimum Gasteiger partial charge on any atom is -0.497 e. The monoisotopic (exact) mass is 358 g/mol. The van der Waals surface area contributed by atoms with Crippen LogP contribution in [-0.2, 0) is 9.59 Å². The highest BCUT2D eigenvalue weighted by atomic mass is 19.1. The quantitative estimate of drug-likeness (QED) is 0.904. The molecule has 0 aromatic heterocycles. The topological polar surface area (TPSA) is 70.1 Å². The summed E-state index contributed by atoms with van der Waals surface area (Å²) in [6.45, 7) is 0.474. The van der Waals surface area contributed by atoms with Gasteiger partial charge in [-0.05, 0) is 29.8 Å². The van der Waals surface area contributed by atoms with Gasteiger partial charge in [-0.2, -0.15) is 0 Å². The van der Waals surface area contributed by atoms with Crippen molar-refractivity contribution in [2.75, 3.05) is 31.6 Å². The molecule has 1 fully saturated rings. The van der Waals surface area contributed by atoms with Gasteiger partial charge in [-0.25, -0.2) is 4.39 Å². The van der Waals surface area contributed by atoms with Gasteiger partial charge in [0.2, 0.25) is 5.91 Å². The van der Waals surface area contributed by atoms with Gasteiger partial charge in [-0.3, -0.25) is 9.59 Å². The fraction of sp³-hybridized carbons (Fsp3) is 0.263. The lowest BCUT2D eigenvalue weighted by Gasteiger charge is -2.35. The zero-order chi connectivity index (χ0) is 18.7. The Kier molecular flexibility index (Phi) is 5.18. The van der Waals surface area contributed by atoms with E-state index in [2.05, 4.69) is 0 Å². The Bertz CT molecular complexity index is 809. The molecule has 7 heteroatoms. The van der Waals surface area contributed by atoms with E-state index in [-0.39, 0.29) is 12.5 Å². The largest absolute Gasteiger partial charge is 0.497 e. The average Bonchev–Trinajstić information content (AvgIpc) is 2.67. The SMILES string of the molecule is COc1cccc(N2CCN(C(=O)[C@H](O)c3ccc(F)cc3)CC2=O)c1. The molecule has 1 aliphatic heterocycles. The molecular weight excluding hydrogens is 339 g/mol. The Morgan fingerprint density at radius 2 is 1.92 bits per heavy atom. The van der Waals surface area contributed by atoms with E-state index in [1.807, 2.05) is 0 Å². The smallest absolute Gasteiger partial charge is 0.256 e. The summed E-state index contributed by atoms with van der Waals surface area (Å²) in [6, 6.07) is 12.2. The van der Waals surface area contributed by atoms with Crippen molar-refractivity contribution in [2.45, 2.75) is 6.10 Å². The lowest BCUT2D eigenvalue weighted by molar-refractivity contribution is -0.144. The van der Waals surface area contributed by atoms with E-state index in [9.17, 15) is 19.1 Å². The summed E-state index contributed by atoms with van der Waals surface area (Å²) in [5.74, 6) is -0.629.